The Morgan fingerprint density at radius 1 is 1.24 bits per heavy atom. The number of thiol groups is 1. The smallest absolute Gasteiger partial charge is 0.253 e. The molecule has 0 amide bonds. The van der Waals surface area contributed by atoms with Crippen molar-refractivity contribution in [1.82, 2.24) is 4.57 Å². The molecule has 1 fully saturated rings. The number of halogens is 2. The molecule has 3 rings (SSSR count). The second-order valence-corrected chi connectivity index (χ2v) is 7.20. The van der Waals surface area contributed by atoms with E-state index in [0.29, 0.717) is 24.2 Å². The highest BCUT2D eigenvalue weighted by atomic mass is 32.1. The molecule has 0 unspecified atom stereocenters. The number of hydrogen-bond acceptors (Lipinski definition) is 3. The molecule has 1 aliphatic rings. The summed E-state index contributed by atoms with van der Waals surface area (Å²) in [6.07, 6.45) is 1.91. The summed E-state index contributed by atoms with van der Waals surface area (Å²) in [7, 11) is 1.70. The highest BCUT2D eigenvalue weighted by Crippen LogP contribution is 2.38. The van der Waals surface area contributed by atoms with Crippen molar-refractivity contribution < 1.29 is 13.5 Å². The van der Waals surface area contributed by atoms with Crippen LogP contribution in [0, 0.1) is 6.92 Å². The van der Waals surface area contributed by atoms with Gasteiger partial charge in [-0.1, -0.05) is 0 Å². The van der Waals surface area contributed by atoms with Crippen LogP contribution in [0.1, 0.15) is 31.2 Å². The van der Waals surface area contributed by atoms with Crippen LogP contribution in [0.25, 0.3) is 11.1 Å². The predicted octanol–water partition coefficient (Wildman–Crippen LogP) is 4.61. The third-order valence-corrected chi connectivity index (χ3v) is 4.87. The largest absolute Gasteiger partial charge is 0.490 e. The van der Waals surface area contributed by atoms with E-state index in [4.69, 9.17) is 4.74 Å². The zero-order valence-corrected chi connectivity index (χ0v) is 15.2. The van der Waals surface area contributed by atoms with Crippen LogP contribution in [0.4, 0.5) is 8.78 Å². The van der Waals surface area contributed by atoms with Gasteiger partial charge >= 0.3 is 0 Å². The molecule has 0 radical (unpaired) electrons. The van der Waals surface area contributed by atoms with Crippen molar-refractivity contribution in [3.05, 3.63) is 46.4 Å². The molecule has 0 atom stereocenters. The predicted molar refractivity (Wildman–Crippen MR) is 96.9 cm³/mol. The maximum absolute atomic E-state index is 13.3. The molecule has 0 aliphatic heterocycles. The van der Waals surface area contributed by atoms with E-state index in [1.807, 2.05) is 24.3 Å². The molecule has 3 nitrogen and oxygen atoms in total. The number of hydrogen-bond donors (Lipinski definition) is 1. The Morgan fingerprint density at radius 3 is 2.56 bits per heavy atom. The summed E-state index contributed by atoms with van der Waals surface area (Å²) in [4.78, 5) is 12.7. The Morgan fingerprint density at radius 2 is 1.92 bits per heavy atom. The molecule has 1 aliphatic carbocycles. The van der Waals surface area contributed by atoms with Crippen molar-refractivity contribution in [2.24, 2.45) is 7.05 Å². The zero-order valence-electron chi connectivity index (χ0n) is 14.3. The summed E-state index contributed by atoms with van der Waals surface area (Å²) in [6.45, 7) is 1.76. The van der Waals surface area contributed by atoms with E-state index in [2.05, 4.69) is 12.6 Å². The molecule has 25 heavy (non-hydrogen) atoms. The Balaban J connectivity index is 1.93. The van der Waals surface area contributed by atoms with Crippen molar-refractivity contribution in [2.45, 2.75) is 49.5 Å². The van der Waals surface area contributed by atoms with Crippen molar-refractivity contribution in [3.8, 4) is 16.9 Å². The molecule has 2 aromatic rings. The van der Waals surface area contributed by atoms with Crippen LogP contribution in [0.2, 0.25) is 0 Å². The van der Waals surface area contributed by atoms with E-state index < -0.39 is 5.92 Å². The molecule has 1 aromatic carbocycles. The minimum absolute atomic E-state index is 0.0530. The van der Waals surface area contributed by atoms with Gasteiger partial charge in [-0.05, 0) is 44.0 Å². The molecule has 1 saturated carbocycles. The van der Waals surface area contributed by atoms with Gasteiger partial charge in [0.2, 0.25) is 5.92 Å². The van der Waals surface area contributed by atoms with Crippen LogP contribution in [-0.4, -0.2) is 16.6 Å². The van der Waals surface area contributed by atoms with Crippen LogP contribution < -0.4 is 10.3 Å². The van der Waals surface area contributed by atoms with Crippen LogP contribution in [-0.2, 0) is 7.05 Å². The van der Waals surface area contributed by atoms with Gasteiger partial charge in [-0.25, -0.2) is 8.78 Å². The zero-order chi connectivity index (χ0) is 18.2. The van der Waals surface area contributed by atoms with Crippen molar-refractivity contribution in [3.63, 3.8) is 0 Å². The first-order chi connectivity index (χ1) is 11.7. The molecule has 0 N–H and O–H groups in total. The van der Waals surface area contributed by atoms with Gasteiger partial charge in [0.15, 0.2) is 0 Å². The number of alkyl halides is 2. The highest BCUT2D eigenvalue weighted by Gasteiger charge is 2.35. The lowest BCUT2D eigenvalue weighted by atomic mass is 9.94. The second-order valence-electron chi connectivity index (χ2n) is 6.68. The average molecular weight is 365 g/mol. The minimum Gasteiger partial charge on any atom is -0.490 e. The molecule has 0 spiro atoms. The van der Waals surface area contributed by atoms with Crippen LogP contribution in [0.15, 0.2) is 40.2 Å². The molecule has 0 saturated heterocycles. The maximum atomic E-state index is 13.3. The first-order valence-electron chi connectivity index (χ1n) is 8.30. The Bertz CT molecular complexity index is 812. The number of aryl methyl sites for hydroxylation is 2. The standard InChI is InChI=1S/C19H21F2NO2S/c1-12-9-13(11-22(2)18(12)23)16-10-15(25)3-4-17(16)24-14-5-7-19(20,21)8-6-14/h3-4,9-11,14,25H,5-8H2,1-2H3. The molecule has 1 heterocycles. The lowest BCUT2D eigenvalue weighted by Gasteiger charge is -2.29. The maximum Gasteiger partial charge on any atom is 0.253 e. The summed E-state index contributed by atoms with van der Waals surface area (Å²) in [6, 6.07) is 7.31. The second kappa shape index (κ2) is 6.83. The van der Waals surface area contributed by atoms with E-state index in [1.165, 1.54) is 4.57 Å². The Labute approximate surface area is 151 Å². The lowest BCUT2D eigenvalue weighted by Crippen LogP contribution is -2.30. The van der Waals surface area contributed by atoms with Gasteiger partial charge in [-0.15, -0.1) is 12.6 Å². The highest BCUT2D eigenvalue weighted by molar-refractivity contribution is 7.80. The van der Waals surface area contributed by atoms with Crippen molar-refractivity contribution in [2.75, 3.05) is 0 Å². The minimum atomic E-state index is -2.58. The van der Waals surface area contributed by atoms with Gasteiger partial charge in [-0.2, -0.15) is 0 Å². The topological polar surface area (TPSA) is 31.2 Å². The van der Waals surface area contributed by atoms with Crippen LogP contribution in [0.3, 0.4) is 0 Å². The summed E-state index contributed by atoms with van der Waals surface area (Å²) >= 11 is 4.39. The number of nitrogens with zero attached hydrogens (tertiary/aromatic N) is 1. The molecular formula is C19H21F2NO2S. The number of rotatable bonds is 3. The molecule has 134 valence electrons. The fourth-order valence-electron chi connectivity index (χ4n) is 3.18. The van der Waals surface area contributed by atoms with E-state index in [9.17, 15) is 13.6 Å². The number of pyridine rings is 1. The summed E-state index contributed by atoms with van der Waals surface area (Å²) in [5.41, 5.74) is 2.23. The normalized spacial score (nSPS) is 17.5. The van der Waals surface area contributed by atoms with Gasteiger partial charge < -0.3 is 9.30 Å². The molecule has 0 bridgehead atoms. The van der Waals surface area contributed by atoms with Crippen LogP contribution >= 0.6 is 12.6 Å². The third kappa shape index (κ3) is 4.06. The summed E-state index contributed by atoms with van der Waals surface area (Å²) in [5.74, 6) is -1.95. The number of aromatic nitrogens is 1. The van der Waals surface area contributed by atoms with E-state index in [0.717, 1.165) is 16.0 Å². The fraction of sp³-hybridized carbons (Fsp3) is 0.421. The van der Waals surface area contributed by atoms with E-state index >= 15 is 0 Å². The Hall–Kier alpha value is -1.82. The van der Waals surface area contributed by atoms with Gasteiger partial charge in [-0.3, -0.25) is 4.79 Å². The van der Waals surface area contributed by atoms with Gasteiger partial charge in [0.05, 0.1) is 6.10 Å². The third-order valence-electron chi connectivity index (χ3n) is 4.59. The lowest BCUT2D eigenvalue weighted by molar-refractivity contribution is -0.0581. The SMILES string of the molecule is Cc1cc(-c2cc(S)ccc2OC2CCC(F)(F)CC2)cn(C)c1=O. The summed E-state index contributed by atoms with van der Waals surface area (Å²) < 4.78 is 34.3. The first kappa shape index (κ1) is 18.0. The van der Waals surface area contributed by atoms with Crippen molar-refractivity contribution >= 4 is 12.6 Å². The van der Waals surface area contributed by atoms with Crippen LogP contribution in [0.5, 0.6) is 5.75 Å². The number of benzene rings is 1. The monoisotopic (exact) mass is 365 g/mol. The van der Waals surface area contributed by atoms with Gasteiger partial charge in [0.1, 0.15) is 5.75 Å². The Kier molecular flexibility index (Phi) is 4.91. The fourth-order valence-corrected chi connectivity index (χ4v) is 3.39. The quantitative estimate of drug-likeness (QED) is 0.806. The first-order valence-corrected chi connectivity index (χ1v) is 8.75. The molecular weight excluding hydrogens is 344 g/mol. The molecule has 6 heteroatoms. The van der Waals surface area contributed by atoms with Crippen molar-refractivity contribution in [1.29, 1.82) is 0 Å². The summed E-state index contributed by atoms with van der Waals surface area (Å²) in [5, 5.41) is 0. The number of ether oxygens (including phenoxy) is 1. The van der Waals surface area contributed by atoms with E-state index in [1.54, 1.807) is 20.2 Å². The van der Waals surface area contributed by atoms with Gasteiger partial charge in [0.25, 0.3) is 5.56 Å². The molecule has 1 aromatic heterocycles. The average Bonchev–Trinajstić information content (AvgIpc) is 2.55. The van der Waals surface area contributed by atoms with E-state index in [-0.39, 0.29) is 24.5 Å². The van der Waals surface area contributed by atoms with Gasteiger partial charge in [0, 0.05) is 47.7 Å².